The van der Waals surface area contributed by atoms with Crippen LogP contribution < -0.4 is 5.32 Å². The van der Waals surface area contributed by atoms with Crippen LogP contribution in [0.2, 0.25) is 0 Å². The summed E-state index contributed by atoms with van der Waals surface area (Å²) in [4.78, 5) is 40.9. The number of amides is 1. The Hall–Kier alpha value is -5.16. The summed E-state index contributed by atoms with van der Waals surface area (Å²) in [5.41, 5.74) is 5.98. The third-order valence-electron chi connectivity index (χ3n) is 8.64. The molecule has 1 saturated heterocycles. The molecule has 1 fully saturated rings. The quantitative estimate of drug-likeness (QED) is 0.178. The monoisotopic (exact) mass is 617 g/mol. The number of imidazole rings is 1. The third kappa shape index (κ3) is 5.69. The number of hydrogen-bond acceptors (Lipinski definition) is 8. The van der Waals surface area contributed by atoms with Gasteiger partial charge in [-0.05, 0) is 47.0 Å². The summed E-state index contributed by atoms with van der Waals surface area (Å²) < 4.78 is 19.9. The first-order chi connectivity index (χ1) is 22.4. The summed E-state index contributed by atoms with van der Waals surface area (Å²) in [6.07, 6.45) is 0.742. The average molecular weight is 618 g/mol. The second-order valence-corrected chi connectivity index (χ2v) is 11.6. The van der Waals surface area contributed by atoms with Crippen LogP contribution in [0.25, 0.3) is 11.0 Å². The van der Waals surface area contributed by atoms with E-state index in [9.17, 15) is 19.5 Å². The molecular formula is C36H31N3O7. The van der Waals surface area contributed by atoms with E-state index in [2.05, 4.69) is 26.5 Å². The van der Waals surface area contributed by atoms with Crippen LogP contribution in [0, 0.1) is 5.92 Å². The van der Waals surface area contributed by atoms with E-state index in [1.165, 1.54) is 18.2 Å². The van der Waals surface area contributed by atoms with Gasteiger partial charge in [0, 0.05) is 23.6 Å². The van der Waals surface area contributed by atoms with E-state index in [4.69, 9.17) is 9.47 Å². The molecule has 1 aromatic heterocycles. The number of rotatable bonds is 8. The molecule has 4 atom stereocenters. The van der Waals surface area contributed by atoms with Gasteiger partial charge in [-0.15, -0.1) is 0 Å². The lowest BCUT2D eigenvalue weighted by atomic mass is 9.90. The molecule has 46 heavy (non-hydrogen) atoms. The Morgan fingerprint density at radius 1 is 0.870 bits per heavy atom. The van der Waals surface area contributed by atoms with Crippen LogP contribution >= 0.6 is 0 Å². The molecule has 7 rings (SSSR count). The fourth-order valence-corrected chi connectivity index (χ4v) is 5.98. The molecule has 2 aliphatic rings. The number of aromatic nitrogens is 2. The van der Waals surface area contributed by atoms with Crippen molar-refractivity contribution in [2.75, 3.05) is 0 Å². The van der Waals surface area contributed by atoms with Crippen molar-refractivity contribution in [1.29, 1.82) is 0 Å². The van der Waals surface area contributed by atoms with Gasteiger partial charge < -0.3 is 29.2 Å². The number of fused-ring (bicyclic) bond motifs is 2. The molecule has 10 nitrogen and oxygen atoms in total. The van der Waals surface area contributed by atoms with Crippen LogP contribution in [0.3, 0.4) is 0 Å². The number of aliphatic hydroxyl groups is 1. The lowest BCUT2D eigenvalue weighted by molar-refractivity contribution is -0.276. The average Bonchev–Trinajstić information content (AvgIpc) is 3.63. The Balaban J connectivity index is 1.08. The highest BCUT2D eigenvalue weighted by Gasteiger charge is 2.38. The zero-order valence-corrected chi connectivity index (χ0v) is 25.0. The van der Waals surface area contributed by atoms with Crippen molar-refractivity contribution in [3.8, 4) is 0 Å². The van der Waals surface area contributed by atoms with Crippen LogP contribution in [0.5, 0.6) is 0 Å². The Morgan fingerprint density at radius 3 is 2.37 bits per heavy atom. The minimum atomic E-state index is -0.753. The van der Waals surface area contributed by atoms with Crippen molar-refractivity contribution in [3.63, 3.8) is 0 Å². The van der Waals surface area contributed by atoms with Gasteiger partial charge >= 0.3 is 11.9 Å². The smallest absolute Gasteiger partial charge is 0.346 e. The molecule has 2 N–H and O–H groups in total. The standard InChI is InChI=1S/C36H31N3O7/c1-21-31(18-39-20-38-29-4-2-3-5-30(29)39)44-36(45-32(21)24-10-8-23(19-40)9-11-24)25-12-6-22(7-13-25)17-37-33(41)26-14-15-27-28(16-26)35(43)46-34(27)42/h2-16,20-21,31-32,36,40H,17-19H2,1H3,(H,37,41)/t21-,31+,32+,36?/m0/s1. The lowest BCUT2D eigenvalue weighted by Crippen LogP contribution is -2.39. The van der Waals surface area contributed by atoms with Crippen molar-refractivity contribution in [3.05, 3.63) is 136 Å². The molecule has 0 radical (unpaired) electrons. The SMILES string of the molecule is C[C@H]1[C@@H](Cn2cnc3ccccc32)OC(c2ccc(CNC(=O)c3ccc4c(c3)C(=O)OC4=O)cc2)O[C@H]1c1ccc(CO)cc1. The van der Waals surface area contributed by atoms with Gasteiger partial charge in [-0.1, -0.05) is 67.6 Å². The zero-order valence-electron chi connectivity index (χ0n) is 25.0. The summed E-state index contributed by atoms with van der Waals surface area (Å²) in [5.74, 6) is -1.83. The molecule has 10 heteroatoms. The molecule has 5 aromatic rings. The van der Waals surface area contributed by atoms with E-state index in [1.54, 1.807) is 0 Å². The second-order valence-electron chi connectivity index (χ2n) is 11.6. The van der Waals surface area contributed by atoms with Crippen LogP contribution in [-0.2, 0) is 33.9 Å². The number of nitrogens with one attached hydrogen (secondary N) is 1. The highest BCUT2D eigenvalue weighted by molar-refractivity contribution is 6.15. The van der Waals surface area contributed by atoms with Gasteiger partial charge in [-0.3, -0.25) is 4.79 Å². The van der Waals surface area contributed by atoms with Crippen molar-refractivity contribution < 1.29 is 33.7 Å². The first-order valence-electron chi connectivity index (χ1n) is 15.1. The number of carbonyl (C=O) groups excluding carboxylic acids is 3. The fourth-order valence-electron chi connectivity index (χ4n) is 5.98. The first-order valence-corrected chi connectivity index (χ1v) is 15.1. The van der Waals surface area contributed by atoms with Crippen molar-refractivity contribution in [1.82, 2.24) is 14.9 Å². The van der Waals surface area contributed by atoms with Crippen LogP contribution in [0.15, 0.2) is 97.3 Å². The third-order valence-corrected chi connectivity index (χ3v) is 8.64. The number of cyclic esters (lactones) is 2. The molecular weight excluding hydrogens is 586 g/mol. The number of benzene rings is 4. The Bertz CT molecular complexity index is 1930. The summed E-state index contributed by atoms with van der Waals surface area (Å²) in [6.45, 7) is 2.93. The number of nitrogens with zero attached hydrogens (tertiary/aromatic N) is 2. The molecule has 1 amide bonds. The molecule has 0 saturated carbocycles. The Kier molecular flexibility index (Phi) is 7.91. The first kappa shape index (κ1) is 29.5. The predicted molar refractivity (Wildman–Crippen MR) is 167 cm³/mol. The number of hydrogen-bond donors (Lipinski definition) is 2. The van der Waals surface area contributed by atoms with E-state index in [0.717, 1.165) is 33.3 Å². The van der Waals surface area contributed by atoms with E-state index in [1.807, 2.05) is 79.1 Å². The van der Waals surface area contributed by atoms with Gasteiger partial charge in [0.2, 0.25) is 0 Å². The maximum atomic E-state index is 12.8. The highest BCUT2D eigenvalue weighted by atomic mass is 16.7. The second kappa shape index (κ2) is 12.3. The maximum absolute atomic E-state index is 12.8. The number of para-hydroxylation sites is 2. The Morgan fingerprint density at radius 2 is 1.59 bits per heavy atom. The van der Waals surface area contributed by atoms with E-state index >= 15 is 0 Å². The molecule has 0 bridgehead atoms. The molecule has 4 aromatic carbocycles. The van der Waals surface area contributed by atoms with Gasteiger partial charge in [0.15, 0.2) is 6.29 Å². The van der Waals surface area contributed by atoms with E-state index in [-0.39, 0.29) is 53.9 Å². The van der Waals surface area contributed by atoms with Gasteiger partial charge in [-0.2, -0.15) is 0 Å². The maximum Gasteiger partial charge on any atom is 0.346 e. The molecule has 0 spiro atoms. The van der Waals surface area contributed by atoms with Gasteiger partial charge in [-0.25, -0.2) is 14.6 Å². The number of aliphatic hydroxyl groups excluding tert-OH is 1. The highest BCUT2D eigenvalue weighted by Crippen LogP contribution is 2.42. The van der Waals surface area contributed by atoms with Crippen molar-refractivity contribution in [2.45, 2.75) is 45.1 Å². The summed E-state index contributed by atoms with van der Waals surface area (Å²) >= 11 is 0. The minimum absolute atomic E-state index is 0.00562. The topological polar surface area (TPSA) is 129 Å². The molecule has 1 unspecified atom stereocenters. The van der Waals surface area contributed by atoms with Crippen molar-refractivity contribution >= 4 is 28.9 Å². The predicted octanol–water partition coefficient (Wildman–Crippen LogP) is 5.26. The normalized spacial score (nSPS) is 20.8. The minimum Gasteiger partial charge on any atom is -0.392 e. The Labute approximate surface area is 264 Å². The lowest BCUT2D eigenvalue weighted by Gasteiger charge is -2.41. The molecule has 0 aliphatic carbocycles. The summed E-state index contributed by atoms with van der Waals surface area (Å²) in [7, 11) is 0. The van der Waals surface area contributed by atoms with Crippen molar-refractivity contribution in [2.24, 2.45) is 5.92 Å². The molecule has 3 heterocycles. The molecule has 2 aliphatic heterocycles. The van der Waals surface area contributed by atoms with E-state index < -0.39 is 18.2 Å². The largest absolute Gasteiger partial charge is 0.392 e. The zero-order chi connectivity index (χ0) is 31.8. The van der Waals surface area contributed by atoms with Crippen LogP contribution in [0.4, 0.5) is 0 Å². The number of carbonyl (C=O) groups is 3. The summed E-state index contributed by atoms with van der Waals surface area (Å²) in [6, 6.07) is 27.8. The number of esters is 2. The number of ether oxygens (including phenoxy) is 3. The molecule has 232 valence electrons. The van der Waals surface area contributed by atoms with Gasteiger partial charge in [0.05, 0.1) is 53.8 Å². The fraction of sp³-hybridized carbons (Fsp3) is 0.222. The van der Waals surface area contributed by atoms with Crippen LogP contribution in [-0.4, -0.2) is 38.6 Å². The van der Waals surface area contributed by atoms with Crippen LogP contribution in [0.1, 0.15) is 72.6 Å². The van der Waals surface area contributed by atoms with Gasteiger partial charge in [0.1, 0.15) is 0 Å². The summed E-state index contributed by atoms with van der Waals surface area (Å²) in [5, 5.41) is 12.4. The van der Waals surface area contributed by atoms with Gasteiger partial charge in [0.25, 0.3) is 5.91 Å². The van der Waals surface area contributed by atoms with E-state index in [0.29, 0.717) is 6.54 Å².